The monoisotopic (exact) mass is 325 g/mol. The third kappa shape index (κ3) is 2.67. The smallest absolute Gasteiger partial charge is 0.332 e. The van der Waals surface area contributed by atoms with Crippen LogP contribution in [0.3, 0.4) is 0 Å². The Bertz CT molecular complexity index is 908. The van der Waals surface area contributed by atoms with Gasteiger partial charge >= 0.3 is 5.69 Å². The SMILES string of the molecule is Cn1c(NC2CCN(c3ccccc3)C2)c(C#N)c(=O)n(C)c1=O. The van der Waals surface area contributed by atoms with Crippen molar-refractivity contribution in [2.24, 2.45) is 14.1 Å². The van der Waals surface area contributed by atoms with Crippen molar-refractivity contribution in [3.63, 3.8) is 0 Å². The zero-order valence-corrected chi connectivity index (χ0v) is 13.7. The van der Waals surface area contributed by atoms with E-state index in [2.05, 4.69) is 22.3 Å². The summed E-state index contributed by atoms with van der Waals surface area (Å²) in [7, 11) is 2.94. The highest BCUT2D eigenvalue weighted by Crippen LogP contribution is 2.22. The Hall–Kier alpha value is -3.01. The molecule has 7 heteroatoms. The summed E-state index contributed by atoms with van der Waals surface area (Å²) < 4.78 is 2.28. The Morgan fingerprint density at radius 2 is 1.88 bits per heavy atom. The van der Waals surface area contributed by atoms with Crippen LogP contribution in [-0.2, 0) is 14.1 Å². The second-order valence-corrected chi connectivity index (χ2v) is 5.95. The lowest BCUT2D eigenvalue weighted by Gasteiger charge is -2.21. The van der Waals surface area contributed by atoms with E-state index in [0.717, 1.165) is 29.8 Å². The van der Waals surface area contributed by atoms with Gasteiger partial charge in [-0.2, -0.15) is 5.26 Å². The first-order valence-corrected chi connectivity index (χ1v) is 7.79. The van der Waals surface area contributed by atoms with Gasteiger partial charge in [-0.15, -0.1) is 0 Å². The minimum absolute atomic E-state index is 0.0299. The Kier molecular flexibility index (Phi) is 4.13. The fraction of sp³-hybridized carbons (Fsp3) is 0.353. The molecule has 1 aliphatic heterocycles. The summed E-state index contributed by atoms with van der Waals surface area (Å²) in [5.74, 6) is 0.297. The van der Waals surface area contributed by atoms with E-state index in [-0.39, 0.29) is 11.6 Å². The number of nitrogens with one attached hydrogen (secondary N) is 1. The van der Waals surface area contributed by atoms with Crippen LogP contribution >= 0.6 is 0 Å². The van der Waals surface area contributed by atoms with E-state index in [1.54, 1.807) is 7.05 Å². The summed E-state index contributed by atoms with van der Waals surface area (Å²) in [4.78, 5) is 26.5. The predicted octanol–water partition coefficient (Wildman–Crippen LogP) is 0.646. The topological polar surface area (TPSA) is 83.1 Å². The molecular weight excluding hydrogens is 306 g/mol. The number of aromatic nitrogens is 2. The van der Waals surface area contributed by atoms with Crippen LogP contribution in [0.2, 0.25) is 0 Å². The molecule has 0 radical (unpaired) electrons. The number of para-hydroxylation sites is 1. The molecule has 0 aliphatic carbocycles. The molecule has 0 amide bonds. The minimum Gasteiger partial charge on any atom is -0.369 e. The zero-order chi connectivity index (χ0) is 17.3. The van der Waals surface area contributed by atoms with E-state index < -0.39 is 11.2 Å². The first-order chi connectivity index (χ1) is 11.5. The van der Waals surface area contributed by atoms with Gasteiger partial charge in [0.25, 0.3) is 5.56 Å². The normalized spacial score (nSPS) is 16.9. The molecule has 24 heavy (non-hydrogen) atoms. The summed E-state index contributed by atoms with van der Waals surface area (Å²) in [6.45, 7) is 1.63. The number of nitrogens with zero attached hydrogens (tertiary/aromatic N) is 4. The number of anilines is 2. The molecule has 1 saturated heterocycles. The lowest BCUT2D eigenvalue weighted by atomic mass is 10.2. The molecule has 1 unspecified atom stereocenters. The summed E-state index contributed by atoms with van der Waals surface area (Å²) >= 11 is 0. The second-order valence-electron chi connectivity index (χ2n) is 5.95. The van der Waals surface area contributed by atoms with Crippen LogP contribution in [0.25, 0.3) is 0 Å². The van der Waals surface area contributed by atoms with Gasteiger partial charge in [-0.1, -0.05) is 18.2 Å². The molecule has 0 bridgehead atoms. The number of hydrogen-bond donors (Lipinski definition) is 1. The van der Waals surface area contributed by atoms with Crippen molar-refractivity contribution in [1.29, 1.82) is 5.26 Å². The van der Waals surface area contributed by atoms with Crippen molar-refractivity contribution in [1.82, 2.24) is 9.13 Å². The first kappa shape index (κ1) is 15.9. The van der Waals surface area contributed by atoms with Crippen LogP contribution in [-0.4, -0.2) is 28.3 Å². The van der Waals surface area contributed by atoms with Gasteiger partial charge in [-0.05, 0) is 18.6 Å². The molecule has 1 N–H and O–H groups in total. The number of benzene rings is 1. The molecule has 124 valence electrons. The lowest BCUT2D eigenvalue weighted by Crippen LogP contribution is -2.41. The van der Waals surface area contributed by atoms with Crippen molar-refractivity contribution in [3.05, 3.63) is 56.7 Å². The highest BCUT2D eigenvalue weighted by atomic mass is 16.2. The highest BCUT2D eigenvalue weighted by Gasteiger charge is 2.25. The Balaban J connectivity index is 1.87. The first-order valence-electron chi connectivity index (χ1n) is 7.79. The lowest BCUT2D eigenvalue weighted by molar-refractivity contribution is 0.674. The van der Waals surface area contributed by atoms with Crippen LogP contribution in [0.1, 0.15) is 12.0 Å². The van der Waals surface area contributed by atoms with Crippen LogP contribution < -0.4 is 21.5 Å². The van der Waals surface area contributed by atoms with Gasteiger partial charge in [0.2, 0.25) is 0 Å². The zero-order valence-electron chi connectivity index (χ0n) is 13.7. The molecule has 0 spiro atoms. The number of rotatable bonds is 3. The van der Waals surface area contributed by atoms with Crippen LogP contribution in [0, 0.1) is 11.3 Å². The van der Waals surface area contributed by atoms with E-state index in [1.807, 2.05) is 24.3 Å². The molecule has 2 heterocycles. The minimum atomic E-state index is -0.569. The standard InChI is InChI=1S/C17H19N5O2/c1-20-15(14(10-18)16(23)21(2)17(20)24)19-12-8-9-22(11-12)13-6-4-3-5-7-13/h3-7,12,19H,8-9,11H2,1-2H3. The highest BCUT2D eigenvalue weighted by molar-refractivity contribution is 5.53. The van der Waals surface area contributed by atoms with E-state index in [1.165, 1.54) is 11.6 Å². The molecule has 2 aromatic rings. The average Bonchev–Trinajstić information content (AvgIpc) is 3.07. The number of nitriles is 1. The predicted molar refractivity (Wildman–Crippen MR) is 92.3 cm³/mol. The van der Waals surface area contributed by atoms with Crippen LogP contribution in [0.4, 0.5) is 11.5 Å². The van der Waals surface area contributed by atoms with Crippen molar-refractivity contribution < 1.29 is 0 Å². The molecule has 1 aromatic carbocycles. The van der Waals surface area contributed by atoms with Crippen LogP contribution in [0.15, 0.2) is 39.9 Å². The van der Waals surface area contributed by atoms with Crippen LogP contribution in [0.5, 0.6) is 0 Å². The Morgan fingerprint density at radius 3 is 2.54 bits per heavy atom. The molecule has 1 aliphatic rings. The van der Waals surface area contributed by atoms with Gasteiger partial charge in [0.1, 0.15) is 11.9 Å². The maximum absolute atomic E-state index is 12.1. The van der Waals surface area contributed by atoms with Crippen molar-refractivity contribution >= 4 is 11.5 Å². The van der Waals surface area contributed by atoms with Gasteiger partial charge in [0, 0.05) is 38.9 Å². The van der Waals surface area contributed by atoms with E-state index in [9.17, 15) is 14.9 Å². The molecule has 1 fully saturated rings. The van der Waals surface area contributed by atoms with Crippen molar-refractivity contribution in [2.45, 2.75) is 12.5 Å². The molecule has 1 atom stereocenters. The summed E-state index contributed by atoms with van der Waals surface area (Å²) in [6, 6.07) is 12.1. The molecule has 7 nitrogen and oxygen atoms in total. The van der Waals surface area contributed by atoms with Crippen molar-refractivity contribution in [2.75, 3.05) is 23.3 Å². The fourth-order valence-corrected chi connectivity index (χ4v) is 3.06. The number of hydrogen-bond acceptors (Lipinski definition) is 5. The van der Waals surface area contributed by atoms with Gasteiger partial charge in [0.15, 0.2) is 5.56 Å². The molecule has 0 saturated carbocycles. The van der Waals surface area contributed by atoms with Gasteiger partial charge in [-0.25, -0.2) is 4.79 Å². The quantitative estimate of drug-likeness (QED) is 0.896. The van der Waals surface area contributed by atoms with E-state index in [0.29, 0.717) is 5.82 Å². The summed E-state index contributed by atoms with van der Waals surface area (Å²) in [6.07, 6.45) is 0.864. The Morgan fingerprint density at radius 1 is 1.17 bits per heavy atom. The van der Waals surface area contributed by atoms with Gasteiger partial charge in [-0.3, -0.25) is 13.9 Å². The van der Waals surface area contributed by atoms with Gasteiger partial charge < -0.3 is 10.2 Å². The second kappa shape index (κ2) is 6.24. The average molecular weight is 325 g/mol. The molecule has 1 aromatic heterocycles. The maximum atomic E-state index is 12.1. The fourth-order valence-electron chi connectivity index (χ4n) is 3.06. The Labute approximate surface area is 139 Å². The summed E-state index contributed by atoms with van der Waals surface area (Å²) in [5.41, 5.74) is 0.0957. The van der Waals surface area contributed by atoms with E-state index >= 15 is 0 Å². The maximum Gasteiger partial charge on any atom is 0.332 e. The largest absolute Gasteiger partial charge is 0.369 e. The third-order valence-corrected chi connectivity index (χ3v) is 4.43. The van der Waals surface area contributed by atoms with E-state index in [4.69, 9.17) is 0 Å². The van der Waals surface area contributed by atoms with Gasteiger partial charge in [0.05, 0.1) is 0 Å². The molecule has 3 rings (SSSR count). The van der Waals surface area contributed by atoms with Crippen molar-refractivity contribution in [3.8, 4) is 6.07 Å². The molecular formula is C17H19N5O2. The summed E-state index contributed by atoms with van der Waals surface area (Å²) in [5, 5.41) is 12.5. The third-order valence-electron chi connectivity index (χ3n) is 4.43.